The minimum absolute atomic E-state index is 0.168. The molecule has 0 bridgehead atoms. The largest absolute Gasteiger partial charge is 0.441 e. The van der Waals surface area contributed by atoms with Crippen LogP contribution >= 0.6 is 11.3 Å². The smallest absolute Gasteiger partial charge is 0.237 e. The SMILES string of the molecule is Cc1cccc(CN2CCN(Cc3nc(-c4ccsc4)oc3C)CC2=O)c1. The third-order valence-electron chi connectivity index (χ3n) is 4.89. The van der Waals surface area contributed by atoms with Crippen LogP contribution in [0.4, 0.5) is 0 Å². The van der Waals surface area contributed by atoms with Crippen molar-refractivity contribution in [2.75, 3.05) is 19.6 Å². The Morgan fingerprint density at radius 3 is 2.81 bits per heavy atom. The zero-order valence-electron chi connectivity index (χ0n) is 15.6. The number of rotatable bonds is 5. The van der Waals surface area contributed by atoms with Crippen molar-refractivity contribution in [2.24, 2.45) is 0 Å². The van der Waals surface area contributed by atoms with Crippen molar-refractivity contribution in [3.8, 4) is 11.5 Å². The summed E-state index contributed by atoms with van der Waals surface area (Å²) in [5, 5.41) is 4.04. The number of hydrogen-bond acceptors (Lipinski definition) is 5. The molecular formula is C21H23N3O2S. The molecule has 0 N–H and O–H groups in total. The fourth-order valence-corrected chi connectivity index (χ4v) is 4.02. The highest BCUT2D eigenvalue weighted by atomic mass is 32.1. The molecule has 2 aromatic heterocycles. The average molecular weight is 382 g/mol. The number of benzene rings is 1. The van der Waals surface area contributed by atoms with Gasteiger partial charge in [0.15, 0.2) is 0 Å². The Morgan fingerprint density at radius 2 is 2.07 bits per heavy atom. The molecular weight excluding hydrogens is 358 g/mol. The van der Waals surface area contributed by atoms with Gasteiger partial charge < -0.3 is 9.32 Å². The number of carbonyl (C=O) groups is 1. The maximum absolute atomic E-state index is 12.6. The molecule has 0 atom stereocenters. The van der Waals surface area contributed by atoms with E-state index in [1.807, 2.05) is 34.7 Å². The Kier molecular flexibility index (Phi) is 5.09. The Bertz CT molecular complexity index is 933. The van der Waals surface area contributed by atoms with E-state index in [0.29, 0.717) is 25.5 Å². The average Bonchev–Trinajstić information content (AvgIpc) is 3.28. The van der Waals surface area contributed by atoms with E-state index in [1.54, 1.807) is 11.3 Å². The van der Waals surface area contributed by atoms with E-state index in [-0.39, 0.29) is 5.91 Å². The number of carbonyl (C=O) groups excluding carboxylic acids is 1. The minimum atomic E-state index is 0.168. The van der Waals surface area contributed by atoms with Crippen LogP contribution in [0.1, 0.15) is 22.6 Å². The number of piperazine rings is 1. The number of aromatic nitrogens is 1. The van der Waals surface area contributed by atoms with Gasteiger partial charge in [0.1, 0.15) is 5.76 Å². The van der Waals surface area contributed by atoms with E-state index in [4.69, 9.17) is 4.42 Å². The predicted octanol–water partition coefficient (Wildman–Crippen LogP) is 3.86. The van der Waals surface area contributed by atoms with Crippen molar-refractivity contribution in [1.82, 2.24) is 14.8 Å². The number of amides is 1. The number of thiophene rings is 1. The summed E-state index contributed by atoms with van der Waals surface area (Å²) in [5.74, 6) is 1.65. The van der Waals surface area contributed by atoms with Gasteiger partial charge in [-0.1, -0.05) is 29.8 Å². The summed E-state index contributed by atoms with van der Waals surface area (Å²) in [4.78, 5) is 21.3. The first-order valence-electron chi connectivity index (χ1n) is 9.13. The lowest BCUT2D eigenvalue weighted by Crippen LogP contribution is -2.49. The second-order valence-corrected chi connectivity index (χ2v) is 7.83. The van der Waals surface area contributed by atoms with E-state index < -0.39 is 0 Å². The Balaban J connectivity index is 1.38. The first kappa shape index (κ1) is 17.9. The Morgan fingerprint density at radius 1 is 1.19 bits per heavy atom. The van der Waals surface area contributed by atoms with Crippen LogP contribution in [0.5, 0.6) is 0 Å². The first-order chi connectivity index (χ1) is 13.1. The fraction of sp³-hybridized carbons (Fsp3) is 0.333. The first-order valence-corrected chi connectivity index (χ1v) is 10.1. The third-order valence-corrected chi connectivity index (χ3v) is 5.57. The van der Waals surface area contributed by atoms with Gasteiger partial charge in [-0.25, -0.2) is 4.98 Å². The quantitative estimate of drug-likeness (QED) is 0.673. The fourth-order valence-electron chi connectivity index (χ4n) is 3.39. The van der Waals surface area contributed by atoms with Crippen LogP contribution in [0.25, 0.3) is 11.5 Å². The molecule has 1 aromatic carbocycles. The molecule has 0 unspecified atom stereocenters. The van der Waals surface area contributed by atoms with Gasteiger partial charge in [0.05, 0.1) is 12.2 Å². The van der Waals surface area contributed by atoms with Crippen LogP contribution in [-0.2, 0) is 17.9 Å². The van der Waals surface area contributed by atoms with E-state index in [9.17, 15) is 4.79 Å². The molecule has 27 heavy (non-hydrogen) atoms. The third kappa shape index (κ3) is 4.12. The van der Waals surface area contributed by atoms with Crippen molar-refractivity contribution in [2.45, 2.75) is 26.9 Å². The van der Waals surface area contributed by atoms with Gasteiger partial charge in [-0.3, -0.25) is 9.69 Å². The van der Waals surface area contributed by atoms with Crippen LogP contribution in [-0.4, -0.2) is 40.3 Å². The summed E-state index contributed by atoms with van der Waals surface area (Å²) in [6.07, 6.45) is 0. The van der Waals surface area contributed by atoms with Gasteiger partial charge in [-0.2, -0.15) is 11.3 Å². The molecule has 0 radical (unpaired) electrons. The summed E-state index contributed by atoms with van der Waals surface area (Å²) < 4.78 is 5.81. The summed E-state index contributed by atoms with van der Waals surface area (Å²) in [7, 11) is 0. The van der Waals surface area contributed by atoms with Crippen molar-refractivity contribution in [1.29, 1.82) is 0 Å². The molecule has 4 rings (SSSR count). The lowest BCUT2D eigenvalue weighted by atomic mass is 10.1. The summed E-state index contributed by atoms with van der Waals surface area (Å²) >= 11 is 1.63. The van der Waals surface area contributed by atoms with Crippen molar-refractivity contribution in [3.05, 3.63) is 63.7 Å². The molecule has 1 fully saturated rings. The Hall–Kier alpha value is -2.44. The van der Waals surface area contributed by atoms with Crippen molar-refractivity contribution >= 4 is 17.2 Å². The molecule has 6 heteroatoms. The zero-order valence-corrected chi connectivity index (χ0v) is 16.5. The number of hydrogen-bond donors (Lipinski definition) is 0. The lowest BCUT2D eigenvalue weighted by molar-refractivity contribution is -0.136. The Labute approximate surface area is 163 Å². The van der Waals surface area contributed by atoms with Crippen LogP contribution in [0.2, 0.25) is 0 Å². The monoisotopic (exact) mass is 381 g/mol. The second kappa shape index (κ2) is 7.66. The van der Waals surface area contributed by atoms with Gasteiger partial charge in [0.2, 0.25) is 11.8 Å². The van der Waals surface area contributed by atoms with E-state index in [0.717, 1.165) is 30.1 Å². The van der Waals surface area contributed by atoms with E-state index in [2.05, 4.69) is 35.0 Å². The molecule has 0 spiro atoms. The second-order valence-electron chi connectivity index (χ2n) is 7.05. The predicted molar refractivity (Wildman–Crippen MR) is 106 cm³/mol. The molecule has 1 aliphatic heterocycles. The zero-order chi connectivity index (χ0) is 18.8. The van der Waals surface area contributed by atoms with Crippen LogP contribution in [0.3, 0.4) is 0 Å². The molecule has 140 valence electrons. The molecule has 1 amide bonds. The molecule has 0 aliphatic carbocycles. The standard InChI is InChI=1S/C21H23N3O2S/c1-15-4-3-5-17(10-15)11-24-8-7-23(13-20(24)25)12-19-16(2)26-21(22-19)18-6-9-27-14-18/h3-6,9-10,14H,7-8,11-13H2,1-2H3. The van der Waals surface area contributed by atoms with Crippen LogP contribution in [0, 0.1) is 13.8 Å². The molecule has 3 heterocycles. The highest BCUT2D eigenvalue weighted by Gasteiger charge is 2.25. The molecule has 1 saturated heterocycles. The van der Waals surface area contributed by atoms with E-state index >= 15 is 0 Å². The van der Waals surface area contributed by atoms with Gasteiger partial charge in [0.25, 0.3) is 0 Å². The number of aryl methyl sites for hydroxylation is 2. The summed E-state index contributed by atoms with van der Waals surface area (Å²) in [6, 6.07) is 10.4. The minimum Gasteiger partial charge on any atom is -0.441 e. The van der Waals surface area contributed by atoms with Gasteiger partial charge in [0, 0.05) is 37.1 Å². The van der Waals surface area contributed by atoms with Gasteiger partial charge in [-0.05, 0) is 30.9 Å². The molecule has 0 saturated carbocycles. The van der Waals surface area contributed by atoms with Gasteiger partial charge in [-0.15, -0.1) is 0 Å². The number of oxazole rings is 1. The topological polar surface area (TPSA) is 49.6 Å². The maximum atomic E-state index is 12.6. The van der Waals surface area contributed by atoms with Gasteiger partial charge >= 0.3 is 0 Å². The summed E-state index contributed by atoms with van der Waals surface area (Å²) in [6.45, 7) is 7.34. The molecule has 3 aromatic rings. The number of nitrogens with zero attached hydrogens (tertiary/aromatic N) is 3. The van der Waals surface area contributed by atoms with Crippen molar-refractivity contribution in [3.63, 3.8) is 0 Å². The lowest BCUT2D eigenvalue weighted by Gasteiger charge is -2.34. The highest BCUT2D eigenvalue weighted by molar-refractivity contribution is 7.08. The maximum Gasteiger partial charge on any atom is 0.237 e. The van der Waals surface area contributed by atoms with E-state index in [1.165, 1.54) is 11.1 Å². The normalized spacial score (nSPS) is 15.5. The molecule has 1 aliphatic rings. The summed E-state index contributed by atoms with van der Waals surface area (Å²) in [5.41, 5.74) is 4.33. The van der Waals surface area contributed by atoms with Crippen molar-refractivity contribution < 1.29 is 9.21 Å². The molecule has 5 nitrogen and oxygen atoms in total. The highest BCUT2D eigenvalue weighted by Crippen LogP contribution is 2.25. The van der Waals surface area contributed by atoms with Crippen LogP contribution < -0.4 is 0 Å². The van der Waals surface area contributed by atoms with Crippen LogP contribution in [0.15, 0.2) is 45.5 Å².